The average Bonchev–Trinajstić information content (AvgIpc) is 2.80. The van der Waals surface area contributed by atoms with E-state index in [4.69, 9.17) is 5.73 Å². The van der Waals surface area contributed by atoms with E-state index in [1.807, 2.05) is 0 Å². The van der Waals surface area contributed by atoms with Crippen molar-refractivity contribution in [3.8, 4) is 0 Å². The van der Waals surface area contributed by atoms with E-state index in [2.05, 4.69) is 0 Å². The molecule has 110 valence electrons. The summed E-state index contributed by atoms with van der Waals surface area (Å²) in [5, 5.41) is 0. The average molecular weight is 296 g/mol. The fourth-order valence-electron chi connectivity index (χ4n) is 2.62. The predicted octanol–water partition coefficient (Wildman–Crippen LogP) is 4.12. The molecule has 0 unspecified atom stereocenters. The van der Waals surface area contributed by atoms with Crippen LogP contribution in [0.5, 0.6) is 0 Å². The second-order valence-corrected chi connectivity index (χ2v) is 4.95. The molecular formula is C15H12F4N2. The van der Waals surface area contributed by atoms with Crippen LogP contribution in [0.3, 0.4) is 0 Å². The van der Waals surface area contributed by atoms with Crippen LogP contribution in [0, 0.1) is 5.82 Å². The highest BCUT2D eigenvalue weighted by molar-refractivity contribution is 5.74. The Bertz CT molecular complexity index is 695. The number of halogens is 4. The van der Waals surface area contributed by atoms with Crippen molar-refractivity contribution in [2.45, 2.75) is 12.6 Å². The van der Waals surface area contributed by atoms with Gasteiger partial charge in [-0.25, -0.2) is 4.39 Å². The molecule has 1 heterocycles. The Labute approximate surface area is 118 Å². The summed E-state index contributed by atoms with van der Waals surface area (Å²) in [6.45, 7) is 0.381. The van der Waals surface area contributed by atoms with E-state index in [1.165, 1.54) is 29.2 Å². The molecule has 0 saturated heterocycles. The number of rotatable bonds is 1. The lowest BCUT2D eigenvalue weighted by atomic mass is 10.1. The van der Waals surface area contributed by atoms with Crippen LogP contribution in [-0.4, -0.2) is 6.54 Å². The van der Waals surface area contributed by atoms with E-state index in [9.17, 15) is 17.6 Å². The molecule has 3 rings (SSSR count). The van der Waals surface area contributed by atoms with Crippen LogP contribution in [0.1, 0.15) is 11.1 Å². The molecule has 0 fully saturated rings. The molecule has 0 radical (unpaired) electrons. The van der Waals surface area contributed by atoms with Crippen molar-refractivity contribution in [3.63, 3.8) is 0 Å². The Morgan fingerprint density at radius 3 is 2.48 bits per heavy atom. The highest BCUT2D eigenvalue weighted by Crippen LogP contribution is 2.43. The summed E-state index contributed by atoms with van der Waals surface area (Å²) in [6, 6.07) is 7.84. The lowest BCUT2D eigenvalue weighted by Gasteiger charge is -2.24. The number of fused-ring (bicyclic) bond motifs is 1. The summed E-state index contributed by atoms with van der Waals surface area (Å²) in [7, 11) is 0. The second-order valence-electron chi connectivity index (χ2n) is 4.95. The first-order valence-corrected chi connectivity index (χ1v) is 6.39. The number of nitrogens with two attached hydrogens (primary N) is 1. The van der Waals surface area contributed by atoms with Crippen LogP contribution in [0.15, 0.2) is 36.4 Å². The first-order valence-electron chi connectivity index (χ1n) is 6.39. The normalized spacial score (nSPS) is 14.4. The van der Waals surface area contributed by atoms with E-state index in [1.54, 1.807) is 6.07 Å². The Balaban J connectivity index is 2.14. The minimum Gasteiger partial charge on any atom is -0.399 e. The van der Waals surface area contributed by atoms with Gasteiger partial charge in [0.2, 0.25) is 0 Å². The van der Waals surface area contributed by atoms with E-state index in [0.717, 1.165) is 11.6 Å². The van der Waals surface area contributed by atoms with Crippen molar-refractivity contribution in [3.05, 3.63) is 53.3 Å². The fraction of sp³-hybridized carbons (Fsp3) is 0.200. The molecule has 6 heteroatoms. The van der Waals surface area contributed by atoms with Gasteiger partial charge >= 0.3 is 6.18 Å². The van der Waals surface area contributed by atoms with Gasteiger partial charge in [0.1, 0.15) is 5.82 Å². The Morgan fingerprint density at radius 2 is 1.76 bits per heavy atom. The summed E-state index contributed by atoms with van der Waals surface area (Å²) in [5.41, 5.74) is 6.02. The summed E-state index contributed by atoms with van der Waals surface area (Å²) in [4.78, 5) is 1.49. The van der Waals surface area contributed by atoms with Gasteiger partial charge < -0.3 is 10.6 Å². The zero-order chi connectivity index (χ0) is 15.2. The molecular weight excluding hydrogens is 284 g/mol. The summed E-state index contributed by atoms with van der Waals surface area (Å²) >= 11 is 0. The molecule has 2 aromatic rings. The molecule has 0 spiro atoms. The Kier molecular flexibility index (Phi) is 3.04. The van der Waals surface area contributed by atoms with Gasteiger partial charge in [-0.05, 0) is 42.3 Å². The molecule has 2 nitrogen and oxygen atoms in total. The SMILES string of the molecule is Nc1ccc(N2CCc3ccc(F)cc32)c(C(F)(F)F)c1. The first kappa shape index (κ1) is 13.7. The van der Waals surface area contributed by atoms with Crippen LogP contribution >= 0.6 is 0 Å². The largest absolute Gasteiger partial charge is 0.418 e. The summed E-state index contributed by atoms with van der Waals surface area (Å²) < 4.78 is 52.9. The molecule has 1 aliphatic rings. The molecule has 0 amide bonds. The lowest BCUT2D eigenvalue weighted by Crippen LogP contribution is -2.19. The number of hydrogen-bond donors (Lipinski definition) is 1. The maximum atomic E-state index is 13.4. The zero-order valence-corrected chi connectivity index (χ0v) is 10.9. The van der Waals surface area contributed by atoms with Crippen molar-refractivity contribution in [2.24, 2.45) is 0 Å². The van der Waals surface area contributed by atoms with Crippen LogP contribution in [0.25, 0.3) is 0 Å². The molecule has 1 aliphatic heterocycles. The highest BCUT2D eigenvalue weighted by atomic mass is 19.4. The minimum absolute atomic E-state index is 0.000972. The van der Waals surface area contributed by atoms with E-state index in [0.29, 0.717) is 18.7 Å². The smallest absolute Gasteiger partial charge is 0.399 e. The second kappa shape index (κ2) is 4.65. The molecule has 21 heavy (non-hydrogen) atoms. The topological polar surface area (TPSA) is 29.3 Å². The fourth-order valence-corrected chi connectivity index (χ4v) is 2.62. The first-order chi connectivity index (χ1) is 9.86. The summed E-state index contributed by atoms with van der Waals surface area (Å²) in [5.74, 6) is -0.468. The van der Waals surface area contributed by atoms with Gasteiger partial charge in [-0.2, -0.15) is 13.2 Å². The Morgan fingerprint density at radius 1 is 1.00 bits per heavy atom. The van der Waals surface area contributed by atoms with E-state index >= 15 is 0 Å². The quantitative estimate of drug-likeness (QED) is 0.633. The van der Waals surface area contributed by atoms with Crippen molar-refractivity contribution in [1.29, 1.82) is 0 Å². The number of alkyl halides is 3. The molecule has 0 aromatic heterocycles. The molecule has 0 bridgehead atoms. The van der Waals surface area contributed by atoms with Crippen molar-refractivity contribution >= 4 is 17.1 Å². The van der Waals surface area contributed by atoms with Crippen molar-refractivity contribution in [2.75, 3.05) is 17.2 Å². The maximum absolute atomic E-state index is 13.4. The number of anilines is 3. The van der Waals surface area contributed by atoms with Gasteiger partial charge in [-0.1, -0.05) is 6.07 Å². The number of hydrogen-bond acceptors (Lipinski definition) is 2. The van der Waals surface area contributed by atoms with Crippen molar-refractivity contribution < 1.29 is 17.6 Å². The highest BCUT2D eigenvalue weighted by Gasteiger charge is 2.36. The van der Waals surface area contributed by atoms with Crippen LogP contribution in [0.4, 0.5) is 34.6 Å². The van der Waals surface area contributed by atoms with Crippen LogP contribution in [0.2, 0.25) is 0 Å². The third-order valence-electron chi connectivity index (χ3n) is 3.56. The van der Waals surface area contributed by atoms with Gasteiger partial charge in [-0.3, -0.25) is 0 Å². The van der Waals surface area contributed by atoms with Gasteiger partial charge in [-0.15, -0.1) is 0 Å². The van der Waals surface area contributed by atoms with Crippen LogP contribution in [-0.2, 0) is 12.6 Å². The monoisotopic (exact) mass is 296 g/mol. The van der Waals surface area contributed by atoms with Gasteiger partial charge in [0.05, 0.1) is 11.3 Å². The maximum Gasteiger partial charge on any atom is 0.418 e. The minimum atomic E-state index is -4.51. The van der Waals surface area contributed by atoms with Crippen molar-refractivity contribution in [1.82, 2.24) is 0 Å². The van der Waals surface area contributed by atoms with Gasteiger partial charge in [0.15, 0.2) is 0 Å². The molecule has 2 N–H and O–H groups in total. The summed E-state index contributed by atoms with van der Waals surface area (Å²) in [6.07, 6.45) is -3.93. The number of nitrogens with zero attached hydrogens (tertiary/aromatic N) is 1. The number of benzene rings is 2. The van der Waals surface area contributed by atoms with E-state index < -0.39 is 17.6 Å². The van der Waals surface area contributed by atoms with Crippen LogP contribution < -0.4 is 10.6 Å². The third kappa shape index (κ3) is 2.41. The molecule has 0 saturated carbocycles. The van der Waals surface area contributed by atoms with E-state index in [-0.39, 0.29) is 11.4 Å². The Hall–Kier alpha value is -2.24. The third-order valence-corrected chi connectivity index (χ3v) is 3.56. The lowest BCUT2D eigenvalue weighted by molar-refractivity contribution is -0.137. The predicted molar refractivity (Wildman–Crippen MR) is 73.0 cm³/mol. The number of nitrogen functional groups attached to an aromatic ring is 1. The molecule has 2 aromatic carbocycles. The molecule has 0 aliphatic carbocycles. The molecule has 0 atom stereocenters. The zero-order valence-electron chi connectivity index (χ0n) is 10.9. The van der Waals surface area contributed by atoms with Gasteiger partial charge in [0, 0.05) is 17.9 Å². The standard InChI is InChI=1S/C15H12F4N2/c16-10-2-1-9-5-6-21(14(9)7-10)13-4-3-11(20)8-12(13)15(17,18)19/h1-4,7-8H,5-6,20H2. The van der Waals surface area contributed by atoms with Gasteiger partial charge in [0.25, 0.3) is 0 Å².